The third-order valence-electron chi connectivity index (χ3n) is 5.87. The number of anilines is 1. The Morgan fingerprint density at radius 1 is 1.06 bits per heavy atom. The summed E-state index contributed by atoms with van der Waals surface area (Å²) in [6.45, 7) is 6.46. The van der Waals surface area contributed by atoms with Gasteiger partial charge in [0.15, 0.2) is 16.6 Å². The van der Waals surface area contributed by atoms with Crippen molar-refractivity contribution >= 4 is 40.9 Å². The number of aromatic nitrogens is 1. The van der Waals surface area contributed by atoms with Crippen LogP contribution in [0.4, 0.5) is 5.69 Å². The summed E-state index contributed by atoms with van der Waals surface area (Å²) in [6.07, 6.45) is 1.60. The van der Waals surface area contributed by atoms with Gasteiger partial charge in [0, 0.05) is 29.2 Å². The highest BCUT2D eigenvalue weighted by Crippen LogP contribution is 2.35. The average molecular weight is 490 g/mol. The Hall–Kier alpha value is -4.11. The molecule has 2 aromatic carbocycles. The molecule has 0 saturated carbocycles. The van der Waals surface area contributed by atoms with Gasteiger partial charge in [-0.25, -0.2) is 0 Å². The molecule has 0 atom stereocenters. The first kappa shape index (κ1) is 22.7. The molecule has 0 bridgehead atoms. The molecule has 0 aliphatic carbocycles. The topological polar surface area (TPSA) is 82.0 Å². The van der Waals surface area contributed by atoms with E-state index in [2.05, 4.69) is 5.32 Å². The number of carbonyl (C=O) groups excluding carboxylic acids is 2. The van der Waals surface area contributed by atoms with Crippen molar-refractivity contribution < 1.29 is 23.8 Å². The minimum absolute atomic E-state index is 0.00801. The maximum absolute atomic E-state index is 13.5. The number of nitrogens with one attached hydrogen (secondary N) is 1. The van der Waals surface area contributed by atoms with Crippen molar-refractivity contribution in [1.29, 1.82) is 0 Å². The second-order valence-electron chi connectivity index (χ2n) is 8.09. The molecule has 1 saturated heterocycles. The van der Waals surface area contributed by atoms with E-state index in [0.29, 0.717) is 29.5 Å². The quantitative estimate of drug-likeness (QED) is 0.331. The van der Waals surface area contributed by atoms with Crippen molar-refractivity contribution in [2.45, 2.75) is 20.8 Å². The van der Waals surface area contributed by atoms with Crippen LogP contribution in [0.5, 0.6) is 17.2 Å². The SMILES string of the molecule is CCOc1cccc(N2C(=O)C(=Cc3cc(C)n(-c4ccc5c(c4)OCO5)c3C)C(=O)NC2=S)c1. The predicted molar refractivity (Wildman–Crippen MR) is 135 cm³/mol. The highest BCUT2D eigenvalue weighted by Gasteiger charge is 2.35. The Morgan fingerprint density at radius 2 is 1.86 bits per heavy atom. The molecule has 0 spiro atoms. The molecule has 8 nitrogen and oxygen atoms in total. The van der Waals surface area contributed by atoms with Crippen molar-refractivity contribution in [3.8, 4) is 22.9 Å². The van der Waals surface area contributed by atoms with Crippen LogP contribution in [0.3, 0.4) is 0 Å². The Kier molecular flexibility index (Phi) is 5.78. The standard InChI is InChI=1S/C26H23N3O5S/c1-4-32-20-7-5-6-18(12-20)29-25(31)21(24(30)27-26(29)35)11-17-10-15(2)28(16(17)3)19-8-9-22-23(13-19)34-14-33-22/h5-13H,4,14H2,1-3H3,(H,27,30,35). The Bertz CT molecular complexity index is 1410. The molecule has 1 fully saturated rings. The Morgan fingerprint density at radius 3 is 2.66 bits per heavy atom. The monoisotopic (exact) mass is 489 g/mol. The average Bonchev–Trinajstić information content (AvgIpc) is 3.40. The van der Waals surface area contributed by atoms with Crippen molar-refractivity contribution in [2.75, 3.05) is 18.3 Å². The largest absolute Gasteiger partial charge is 0.494 e. The summed E-state index contributed by atoms with van der Waals surface area (Å²) in [4.78, 5) is 27.6. The fourth-order valence-electron chi connectivity index (χ4n) is 4.28. The molecular weight excluding hydrogens is 466 g/mol. The molecule has 3 heterocycles. The van der Waals surface area contributed by atoms with E-state index in [1.807, 2.05) is 49.6 Å². The number of nitrogens with zero attached hydrogens (tertiary/aromatic N) is 2. The van der Waals surface area contributed by atoms with Crippen LogP contribution in [0.2, 0.25) is 0 Å². The molecule has 1 N–H and O–H groups in total. The second kappa shape index (κ2) is 8.92. The second-order valence-corrected chi connectivity index (χ2v) is 8.47. The van der Waals surface area contributed by atoms with Crippen LogP contribution in [-0.4, -0.2) is 34.9 Å². The summed E-state index contributed by atoms with van der Waals surface area (Å²) in [5, 5.41) is 2.66. The highest BCUT2D eigenvalue weighted by molar-refractivity contribution is 7.80. The maximum atomic E-state index is 13.5. The smallest absolute Gasteiger partial charge is 0.270 e. The van der Waals surface area contributed by atoms with Gasteiger partial charge in [-0.2, -0.15) is 0 Å². The number of hydrogen-bond donors (Lipinski definition) is 1. The van der Waals surface area contributed by atoms with Crippen LogP contribution in [0.15, 0.2) is 54.1 Å². The van der Waals surface area contributed by atoms with Gasteiger partial charge in [0.25, 0.3) is 11.8 Å². The number of rotatable bonds is 5. The zero-order valence-corrected chi connectivity index (χ0v) is 20.3. The van der Waals surface area contributed by atoms with Gasteiger partial charge in [0.05, 0.1) is 12.3 Å². The molecule has 1 aromatic heterocycles. The van der Waals surface area contributed by atoms with E-state index in [-0.39, 0.29) is 17.5 Å². The van der Waals surface area contributed by atoms with Crippen molar-refractivity contribution in [3.63, 3.8) is 0 Å². The summed E-state index contributed by atoms with van der Waals surface area (Å²) in [5.41, 5.74) is 3.95. The minimum atomic E-state index is -0.537. The summed E-state index contributed by atoms with van der Waals surface area (Å²) >= 11 is 5.32. The molecule has 5 rings (SSSR count). The van der Waals surface area contributed by atoms with Crippen LogP contribution in [0, 0.1) is 13.8 Å². The summed E-state index contributed by atoms with van der Waals surface area (Å²) in [6, 6.07) is 14.7. The lowest BCUT2D eigenvalue weighted by molar-refractivity contribution is -0.122. The summed E-state index contributed by atoms with van der Waals surface area (Å²) in [5.74, 6) is 0.948. The third-order valence-corrected chi connectivity index (χ3v) is 6.16. The van der Waals surface area contributed by atoms with Crippen molar-refractivity contribution in [2.24, 2.45) is 0 Å². The van der Waals surface area contributed by atoms with E-state index in [1.54, 1.807) is 30.3 Å². The third kappa shape index (κ3) is 4.04. The van der Waals surface area contributed by atoms with Crippen LogP contribution in [0.25, 0.3) is 11.8 Å². The fourth-order valence-corrected chi connectivity index (χ4v) is 4.56. The minimum Gasteiger partial charge on any atom is -0.494 e. The first-order chi connectivity index (χ1) is 16.9. The van der Waals surface area contributed by atoms with Crippen LogP contribution in [-0.2, 0) is 9.59 Å². The lowest BCUT2D eigenvalue weighted by Gasteiger charge is -2.29. The molecule has 178 valence electrons. The van der Waals surface area contributed by atoms with Gasteiger partial charge in [-0.1, -0.05) is 6.07 Å². The van der Waals surface area contributed by atoms with Gasteiger partial charge in [0.1, 0.15) is 11.3 Å². The summed E-state index contributed by atoms with van der Waals surface area (Å²) < 4.78 is 18.5. The lowest BCUT2D eigenvalue weighted by atomic mass is 10.1. The van der Waals surface area contributed by atoms with Gasteiger partial charge in [-0.3, -0.25) is 19.8 Å². The van der Waals surface area contributed by atoms with Gasteiger partial charge < -0.3 is 18.8 Å². The van der Waals surface area contributed by atoms with E-state index < -0.39 is 11.8 Å². The molecule has 35 heavy (non-hydrogen) atoms. The number of thiocarbonyl (C=S) groups is 1. The molecule has 2 aliphatic heterocycles. The molecular formula is C26H23N3O5S. The van der Waals surface area contributed by atoms with E-state index in [1.165, 1.54) is 4.90 Å². The van der Waals surface area contributed by atoms with E-state index in [9.17, 15) is 9.59 Å². The van der Waals surface area contributed by atoms with Crippen LogP contribution < -0.4 is 24.4 Å². The van der Waals surface area contributed by atoms with Gasteiger partial charge >= 0.3 is 0 Å². The zero-order valence-electron chi connectivity index (χ0n) is 19.5. The number of benzene rings is 2. The molecule has 9 heteroatoms. The van der Waals surface area contributed by atoms with E-state index >= 15 is 0 Å². The normalized spacial score (nSPS) is 16.1. The number of carbonyl (C=O) groups is 2. The molecule has 2 amide bonds. The number of ether oxygens (including phenoxy) is 3. The van der Waals surface area contributed by atoms with Crippen molar-refractivity contribution in [3.05, 3.63) is 71.1 Å². The molecule has 0 radical (unpaired) electrons. The first-order valence-electron chi connectivity index (χ1n) is 11.1. The first-order valence-corrected chi connectivity index (χ1v) is 11.5. The highest BCUT2D eigenvalue weighted by atomic mass is 32.1. The lowest BCUT2D eigenvalue weighted by Crippen LogP contribution is -2.54. The zero-order chi connectivity index (χ0) is 24.7. The van der Waals surface area contributed by atoms with Crippen molar-refractivity contribution in [1.82, 2.24) is 9.88 Å². The van der Waals surface area contributed by atoms with Crippen LogP contribution in [0.1, 0.15) is 23.9 Å². The number of aryl methyl sites for hydroxylation is 1. The van der Waals surface area contributed by atoms with E-state index in [4.69, 9.17) is 26.4 Å². The molecule has 3 aromatic rings. The predicted octanol–water partition coefficient (Wildman–Crippen LogP) is 4.05. The molecule has 2 aliphatic rings. The van der Waals surface area contributed by atoms with E-state index in [0.717, 1.165) is 22.6 Å². The molecule has 0 unspecified atom stereocenters. The number of hydrogen-bond acceptors (Lipinski definition) is 6. The van der Waals surface area contributed by atoms with Gasteiger partial charge in [-0.05, 0) is 75.0 Å². The summed E-state index contributed by atoms with van der Waals surface area (Å²) in [7, 11) is 0. The van der Waals surface area contributed by atoms with Crippen LogP contribution >= 0.6 is 12.2 Å². The van der Waals surface area contributed by atoms with Gasteiger partial charge in [0.2, 0.25) is 6.79 Å². The number of amides is 2. The Balaban J connectivity index is 1.52. The fraction of sp³-hybridized carbons (Fsp3) is 0.192. The maximum Gasteiger partial charge on any atom is 0.270 e. The Labute approximate surface area is 207 Å². The number of fused-ring (bicyclic) bond motifs is 1. The van der Waals surface area contributed by atoms with Gasteiger partial charge in [-0.15, -0.1) is 0 Å².